The first kappa shape index (κ1) is 13.9. The molecule has 0 spiro atoms. The zero-order valence-electron chi connectivity index (χ0n) is 11.0. The van der Waals surface area contributed by atoms with E-state index < -0.39 is 0 Å². The standard InChI is InChI=1S/C16H14FNO2/c1-18(10-12-4-8-15(17)9-5-12)16(20)14-6-2-13(11-19)3-7-14/h2-9,11H,10H2,1H3. The minimum absolute atomic E-state index is 0.147. The highest BCUT2D eigenvalue weighted by molar-refractivity contribution is 5.94. The van der Waals surface area contributed by atoms with E-state index in [0.29, 0.717) is 17.7 Å². The molecular formula is C16H14FNO2. The molecule has 0 fully saturated rings. The predicted octanol–water partition coefficient (Wildman–Crippen LogP) is 2.91. The summed E-state index contributed by atoms with van der Waals surface area (Å²) < 4.78 is 12.8. The molecule has 4 heteroatoms. The van der Waals surface area contributed by atoms with Gasteiger partial charge in [-0.05, 0) is 29.8 Å². The van der Waals surface area contributed by atoms with E-state index in [0.717, 1.165) is 11.8 Å². The normalized spacial score (nSPS) is 10.1. The first-order valence-corrected chi connectivity index (χ1v) is 6.15. The predicted molar refractivity (Wildman–Crippen MR) is 74.0 cm³/mol. The first-order valence-electron chi connectivity index (χ1n) is 6.15. The number of carbonyl (C=O) groups excluding carboxylic acids is 2. The summed E-state index contributed by atoms with van der Waals surface area (Å²) in [5.74, 6) is -0.445. The quantitative estimate of drug-likeness (QED) is 0.802. The third-order valence-corrected chi connectivity index (χ3v) is 2.97. The number of amides is 1. The van der Waals surface area contributed by atoms with Gasteiger partial charge in [0.2, 0.25) is 0 Å². The average molecular weight is 271 g/mol. The molecule has 0 atom stereocenters. The van der Waals surface area contributed by atoms with Gasteiger partial charge < -0.3 is 4.90 Å². The van der Waals surface area contributed by atoms with Gasteiger partial charge in [0.05, 0.1) is 0 Å². The van der Waals surface area contributed by atoms with Crippen LogP contribution in [0.3, 0.4) is 0 Å². The van der Waals surface area contributed by atoms with Crippen LogP contribution >= 0.6 is 0 Å². The van der Waals surface area contributed by atoms with Crippen LogP contribution in [-0.4, -0.2) is 24.1 Å². The van der Waals surface area contributed by atoms with Crippen molar-refractivity contribution in [3.05, 3.63) is 71.0 Å². The number of hydrogen-bond acceptors (Lipinski definition) is 2. The number of rotatable bonds is 4. The lowest BCUT2D eigenvalue weighted by atomic mass is 10.1. The molecule has 20 heavy (non-hydrogen) atoms. The lowest BCUT2D eigenvalue weighted by Crippen LogP contribution is -2.26. The van der Waals surface area contributed by atoms with Gasteiger partial charge in [0.1, 0.15) is 12.1 Å². The van der Waals surface area contributed by atoms with Crippen molar-refractivity contribution in [1.82, 2.24) is 4.90 Å². The first-order chi connectivity index (χ1) is 9.60. The summed E-state index contributed by atoms with van der Waals surface area (Å²) in [5.41, 5.74) is 1.90. The summed E-state index contributed by atoms with van der Waals surface area (Å²) in [6.45, 7) is 0.397. The summed E-state index contributed by atoms with van der Waals surface area (Å²) in [5, 5.41) is 0. The number of benzene rings is 2. The fourth-order valence-electron chi connectivity index (χ4n) is 1.86. The van der Waals surface area contributed by atoms with Crippen molar-refractivity contribution in [2.24, 2.45) is 0 Å². The number of hydrogen-bond donors (Lipinski definition) is 0. The van der Waals surface area contributed by atoms with E-state index in [4.69, 9.17) is 0 Å². The second kappa shape index (κ2) is 6.10. The molecule has 0 aliphatic heterocycles. The van der Waals surface area contributed by atoms with Gasteiger partial charge in [-0.3, -0.25) is 9.59 Å². The molecule has 102 valence electrons. The molecule has 0 N–H and O–H groups in total. The summed E-state index contributed by atoms with van der Waals surface area (Å²) in [6, 6.07) is 12.5. The van der Waals surface area contributed by atoms with E-state index in [1.54, 1.807) is 48.3 Å². The highest BCUT2D eigenvalue weighted by Gasteiger charge is 2.11. The summed E-state index contributed by atoms with van der Waals surface area (Å²) in [6.07, 6.45) is 0.733. The zero-order chi connectivity index (χ0) is 14.5. The van der Waals surface area contributed by atoms with Crippen molar-refractivity contribution < 1.29 is 14.0 Å². The van der Waals surface area contributed by atoms with Crippen molar-refractivity contribution in [2.45, 2.75) is 6.54 Å². The molecular weight excluding hydrogens is 257 g/mol. The van der Waals surface area contributed by atoms with Gasteiger partial charge in [0.15, 0.2) is 0 Å². The molecule has 0 aromatic heterocycles. The van der Waals surface area contributed by atoms with Crippen LogP contribution in [0, 0.1) is 5.82 Å². The Balaban J connectivity index is 2.07. The Labute approximate surface area is 116 Å². The van der Waals surface area contributed by atoms with E-state index in [9.17, 15) is 14.0 Å². The fourth-order valence-corrected chi connectivity index (χ4v) is 1.86. The van der Waals surface area contributed by atoms with E-state index in [-0.39, 0.29) is 11.7 Å². The molecule has 0 saturated carbocycles. The van der Waals surface area contributed by atoms with Crippen molar-refractivity contribution in [3.8, 4) is 0 Å². The van der Waals surface area contributed by atoms with Gasteiger partial charge in [-0.15, -0.1) is 0 Å². The third-order valence-electron chi connectivity index (χ3n) is 2.97. The maximum Gasteiger partial charge on any atom is 0.253 e. The van der Waals surface area contributed by atoms with Crippen LogP contribution in [0.4, 0.5) is 4.39 Å². The molecule has 2 rings (SSSR count). The van der Waals surface area contributed by atoms with Crippen molar-refractivity contribution in [1.29, 1.82) is 0 Å². The van der Waals surface area contributed by atoms with Crippen LogP contribution in [0.15, 0.2) is 48.5 Å². The van der Waals surface area contributed by atoms with E-state index >= 15 is 0 Å². The second-order valence-corrected chi connectivity index (χ2v) is 4.53. The molecule has 2 aromatic carbocycles. The molecule has 0 unspecified atom stereocenters. The average Bonchev–Trinajstić information content (AvgIpc) is 2.49. The smallest absolute Gasteiger partial charge is 0.253 e. The van der Waals surface area contributed by atoms with Crippen molar-refractivity contribution in [2.75, 3.05) is 7.05 Å². The molecule has 0 saturated heterocycles. The van der Waals surface area contributed by atoms with Crippen molar-refractivity contribution >= 4 is 12.2 Å². The Morgan fingerprint density at radius 1 is 1.10 bits per heavy atom. The lowest BCUT2D eigenvalue weighted by molar-refractivity contribution is 0.0785. The molecule has 0 bridgehead atoms. The van der Waals surface area contributed by atoms with E-state index in [2.05, 4.69) is 0 Å². The highest BCUT2D eigenvalue weighted by Crippen LogP contribution is 2.10. The molecule has 1 amide bonds. The van der Waals surface area contributed by atoms with Gasteiger partial charge in [0.25, 0.3) is 5.91 Å². The van der Waals surface area contributed by atoms with Crippen LogP contribution < -0.4 is 0 Å². The maximum atomic E-state index is 12.8. The van der Waals surface area contributed by atoms with Crippen LogP contribution in [0.25, 0.3) is 0 Å². The maximum absolute atomic E-state index is 12.8. The molecule has 0 radical (unpaired) electrons. The molecule has 0 aliphatic carbocycles. The number of nitrogens with zero attached hydrogens (tertiary/aromatic N) is 1. The Morgan fingerprint density at radius 2 is 1.70 bits per heavy atom. The topological polar surface area (TPSA) is 37.4 Å². The van der Waals surface area contributed by atoms with Crippen LogP contribution in [0.2, 0.25) is 0 Å². The second-order valence-electron chi connectivity index (χ2n) is 4.53. The summed E-state index contributed by atoms with van der Waals surface area (Å²) in [7, 11) is 1.68. The fraction of sp³-hybridized carbons (Fsp3) is 0.125. The van der Waals surface area contributed by atoms with Crippen molar-refractivity contribution in [3.63, 3.8) is 0 Å². The molecule has 0 aliphatic rings. The van der Waals surface area contributed by atoms with Crippen LogP contribution in [0.5, 0.6) is 0 Å². The molecule has 3 nitrogen and oxygen atoms in total. The van der Waals surface area contributed by atoms with Gasteiger partial charge >= 0.3 is 0 Å². The van der Waals surface area contributed by atoms with E-state index in [1.807, 2.05) is 0 Å². The van der Waals surface area contributed by atoms with Crippen LogP contribution in [-0.2, 0) is 6.54 Å². The minimum Gasteiger partial charge on any atom is -0.337 e. The summed E-state index contributed by atoms with van der Waals surface area (Å²) >= 11 is 0. The summed E-state index contributed by atoms with van der Waals surface area (Å²) in [4.78, 5) is 24.3. The molecule has 0 heterocycles. The van der Waals surface area contributed by atoms with Crippen LogP contribution in [0.1, 0.15) is 26.3 Å². The Bertz CT molecular complexity index is 605. The number of carbonyl (C=O) groups is 2. The largest absolute Gasteiger partial charge is 0.337 e. The monoisotopic (exact) mass is 271 g/mol. The number of halogens is 1. The Kier molecular flexibility index (Phi) is 4.25. The van der Waals surface area contributed by atoms with Gasteiger partial charge in [0, 0.05) is 24.7 Å². The SMILES string of the molecule is CN(Cc1ccc(F)cc1)C(=O)c1ccc(C=O)cc1. The minimum atomic E-state index is -0.299. The molecule has 2 aromatic rings. The lowest BCUT2D eigenvalue weighted by Gasteiger charge is -2.17. The number of aldehydes is 1. The van der Waals surface area contributed by atoms with Gasteiger partial charge in [-0.1, -0.05) is 24.3 Å². The Hall–Kier alpha value is -2.49. The zero-order valence-corrected chi connectivity index (χ0v) is 11.0. The van der Waals surface area contributed by atoms with E-state index in [1.165, 1.54) is 12.1 Å². The third kappa shape index (κ3) is 3.29. The highest BCUT2D eigenvalue weighted by atomic mass is 19.1. The van der Waals surface area contributed by atoms with Gasteiger partial charge in [-0.2, -0.15) is 0 Å². The van der Waals surface area contributed by atoms with Gasteiger partial charge in [-0.25, -0.2) is 4.39 Å². The Morgan fingerprint density at radius 3 is 2.25 bits per heavy atom.